The Bertz CT molecular complexity index is 112. The van der Waals surface area contributed by atoms with E-state index in [1.165, 1.54) is 0 Å². The fraction of sp³-hybridized carbons (Fsp3) is 1.00. The summed E-state index contributed by atoms with van der Waals surface area (Å²) in [6, 6.07) is 0.309. The number of aliphatic hydroxyl groups is 2. The summed E-state index contributed by atoms with van der Waals surface area (Å²) < 4.78 is 0. The van der Waals surface area contributed by atoms with E-state index < -0.39 is 0 Å². The van der Waals surface area contributed by atoms with Crippen molar-refractivity contribution >= 4 is 0 Å². The van der Waals surface area contributed by atoms with Crippen LogP contribution in [-0.2, 0) is 0 Å². The van der Waals surface area contributed by atoms with E-state index in [1.807, 2.05) is 0 Å². The number of nitrogens with one attached hydrogen (secondary N) is 2. The van der Waals surface area contributed by atoms with Crippen LogP contribution < -0.4 is 10.6 Å². The smallest absolute Gasteiger partial charge is 0.0607 e. The lowest BCUT2D eigenvalue weighted by atomic mass is 10.1. The number of piperidine rings is 1. The summed E-state index contributed by atoms with van der Waals surface area (Å²) >= 11 is 0. The molecule has 1 heterocycles. The van der Waals surface area contributed by atoms with Crippen LogP contribution in [0.3, 0.4) is 0 Å². The average molecular weight is 174 g/mol. The van der Waals surface area contributed by atoms with Crippen molar-refractivity contribution < 1.29 is 10.2 Å². The fourth-order valence-corrected chi connectivity index (χ4v) is 1.49. The molecule has 72 valence electrons. The second kappa shape index (κ2) is 5.48. The lowest BCUT2D eigenvalue weighted by Gasteiger charge is -2.27. The highest BCUT2D eigenvalue weighted by Crippen LogP contribution is 2.02. The van der Waals surface area contributed by atoms with E-state index >= 15 is 0 Å². The first-order valence-corrected chi connectivity index (χ1v) is 4.55. The molecule has 0 aromatic rings. The first-order valence-electron chi connectivity index (χ1n) is 4.55. The Morgan fingerprint density at radius 3 is 2.33 bits per heavy atom. The molecule has 12 heavy (non-hydrogen) atoms. The predicted octanol–water partition coefficient (Wildman–Crippen LogP) is -1.32. The maximum atomic E-state index is 8.82. The minimum atomic E-state index is -0.145. The summed E-state index contributed by atoms with van der Waals surface area (Å²) in [6.45, 7) is 2.09. The van der Waals surface area contributed by atoms with Gasteiger partial charge in [-0.25, -0.2) is 0 Å². The molecule has 4 heteroatoms. The summed E-state index contributed by atoms with van der Waals surface area (Å²) in [7, 11) is 0. The van der Waals surface area contributed by atoms with Gasteiger partial charge in [0.1, 0.15) is 0 Å². The third-order valence-corrected chi connectivity index (χ3v) is 2.25. The fourth-order valence-electron chi connectivity index (χ4n) is 1.49. The van der Waals surface area contributed by atoms with Crippen molar-refractivity contribution in [3.05, 3.63) is 0 Å². The van der Waals surface area contributed by atoms with Gasteiger partial charge in [-0.3, -0.25) is 0 Å². The maximum Gasteiger partial charge on any atom is 0.0607 e. The van der Waals surface area contributed by atoms with Crippen molar-refractivity contribution in [2.45, 2.75) is 24.9 Å². The highest BCUT2D eigenvalue weighted by Gasteiger charge is 2.15. The van der Waals surface area contributed by atoms with Crippen LogP contribution in [0, 0.1) is 0 Å². The zero-order chi connectivity index (χ0) is 8.81. The van der Waals surface area contributed by atoms with Crippen molar-refractivity contribution in [3.63, 3.8) is 0 Å². The van der Waals surface area contributed by atoms with Crippen LogP contribution in [0.5, 0.6) is 0 Å². The van der Waals surface area contributed by atoms with Gasteiger partial charge in [-0.05, 0) is 25.9 Å². The van der Waals surface area contributed by atoms with Crippen molar-refractivity contribution in [3.8, 4) is 0 Å². The lowest BCUT2D eigenvalue weighted by molar-refractivity contribution is 0.156. The Balaban J connectivity index is 2.18. The number of aliphatic hydroxyl groups excluding tert-OH is 2. The van der Waals surface area contributed by atoms with Gasteiger partial charge in [0, 0.05) is 6.04 Å². The molecule has 0 spiro atoms. The van der Waals surface area contributed by atoms with Gasteiger partial charge < -0.3 is 20.8 Å². The van der Waals surface area contributed by atoms with Crippen LogP contribution in [0.15, 0.2) is 0 Å². The SMILES string of the molecule is OCC(CO)NC1CCNCC1. The molecule has 0 amide bonds. The third kappa shape index (κ3) is 3.06. The van der Waals surface area contributed by atoms with E-state index in [0.29, 0.717) is 6.04 Å². The molecule has 4 N–H and O–H groups in total. The first kappa shape index (κ1) is 9.92. The van der Waals surface area contributed by atoms with Crippen LogP contribution in [0.2, 0.25) is 0 Å². The molecule has 0 unspecified atom stereocenters. The Kier molecular flexibility index (Phi) is 4.53. The second-order valence-corrected chi connectivity index (χ2v) is 3.25. The molecule has 4 nitrogen and oxygen atoms in total. The molecular weight excluding hydrogens is 156 g/mol. The highest BCUT2D eigenvalue weighted by molar-refractivity contribution is 4.78. The van der Waals surface area contributed by atoms with Gasteiger partial charge in [0.25, 0.3) is 0 Å². The van der Waals surface area contributed by atoms with Crippen LogP contribution in [0.4, 0.5) is 0 Å². The van der Waals surface area contributed by atoms with E-state index in [2.05, 4.69) is 10.6 Å². The van der Waals surface area contributed by atoms with Gasteiger partial charge in [-0.15, -0.1) is 0 Å². The van der Waals surface area contributed by atoms with Crippen LogP contribution >= 0.6 is 0 Å². The van der Waals surface area contributed by atoms with Crippen molar-refractivity contribution in [1.29, 1.82) is 0 Å². The monoisotopic (exact) mass is 174 g/mol. The summed E-state index contributed by atoms with van der Waals surface area (Å²) in [5, 5.41) is 24.1. The summed E-state index contributed by atoms with van der Waals surface area (Å²) in [6.07, 6.45) is 2.16. The molecule has 0 aromatic heterocycles. The largest absolute Gasteiger partial charge is 0.395 e. The zero-order valence-electron chi connectivity index (χ0n) is 7.29. The normalized spacial score (nSPS) is 20.2. The summed E-state index contributed by atoms with van der Waals surface area (Å²) in [5.41, 5.74) is 0. The van der Waals surface area contributed by atoms with Crippen molar-refractivity contribution in [1.82, 2.24) is 10.6 Å². The van der Waals surface area contributed by atoms with Crippen molar-refractivity contribution in [2.75, 3.05) is 26.3 Å². The predicted molar refractivity (Wildman–Crippen MR) is 47.0 cm³/mol. The quantitative estimate of drug-likeness (QED) is 0.427. The first-order chi connectivity index (χ1) is 5.86. The molecule has 0 atom stereocenters. The van der Waals surface area contributed by atoms with E-state index in [4.69, 9.17) is 10.2 Å². The Morgan fingerprint density at radius 2 is 1.83 bits per heavy atom. The molecule has 1 saturated heterocycles. The molecule has 0 aliphatic carbocycles. The van der Waals surface area contributed by atoms with Gasteiger partial charge >= 0.3 is 0 Å². The molecule has 1 aliphatic rings. The van der Waals surface area contributed by atoms with Crippen LogP contribution in [0.1, 0.15) is 12.8 Å². The van der Waals surface area contributed by atoms with Crippen molar-refractivity contribution in [2.24, 2.45) is 0 Å². The molecule has 1 rings (SSSR count). The minimum absolute atomic E-state index is 0.0143. The van der Waals surface area contributed by atoms with E-state index in [-0.39, 0.29) is 19.3 Å². The topological polar surface area (TPSA) is 64.5 Å². The molecule has 0 saturated carbocycles. The van der Waals surface area contributed by atoms with E-state index in [1.54, 1.807) is 0 Å². The van der Waals surface area contributed by atoms with Gasteiger partial charge in [-0.1, -0.05) is 0 Å². The summed E-state index contributed by atoms with van der Waals surface area (Å²) in [5.74, 6) is 0. The Morgan fingerprint density at radius 1 is 1.25 bits per heavy atom. The Hall–Kier alpha value is -0.160. The standard InChI is InChI=1S/C8H18N2O2/c11-5-8(6-12)10-7-1-3-9-4-2-7/h7-12H,1-6H2. The number of hydrogen-bond acceptors (Lipinski definition) is 4. The molecule has 0 radical (unpaired) electrons. The molecule has 1 aliphatic heterocycles. The van der Waals surface area contributed by atoms with Crippen LogP contribution in [-0.4, -0.2) is 48.6 Å². The molecule has 1 fully saturated rings. The Labute approximate surface area is 73.0 Å². The van der Waals surface area contributed by atoms with Gasteiger partial charge in [0.05, 0.1) is 19.3 Å². The molecule has 0 aromatic carbocycles. The number of hydrogen-bond donors (Lipinski definition) is 4. The third-order valence-electron chi connectivity index (χ3n) is 2.25. The molecule has 0 bridgehead atoms. The highest BCUT2D eigenvalue weighted by atomic mass is 16.3. The van der Waals surface area contributed by atoms with Gasteiger partial charge in [0.15, 0.2) is 0 Å². The second-order valence-electron chi connectivity index (χ2n) is 3.25. The van der Waals surface area contributed by atoms with E-state index in [0.717, 1.165) is 25.9 Å². The average Bonchev–Trinajstić information content (AvgIpc) is 2.16. The lowest BCUT2D eigenvalue weighted by Crippen LogP contribution is -2.47. The maximum absolute atomic E-state index is 8.82. The van der Waals surface area contributed by atoms with Crippen LogP contribution in [0.25, 0.3) is 0 Å². The minimum Gasteiger partial charge on any atom is -0.395 e. The van der Waals surface area contributed by atoms with E-state index in [9.17, 15) is 0 Å². The van der Waals surface area contributed by atoms with Gasteiger partial charge in [0.2, 0.25) is 0 Å². The zero-order valence-corrected chi connectivity index (χ0v) is 7.29. The van der Waals surface area contributed by atoms with Gasteiger partial charge in [-0.2, -0.15) is 0 Å². The summed E-state index contributed by atoms with van der Waals surface area (Å²) in [4.78, 5) is 0. The number of rotatable bonds is 4. The molecular formula is C8H18N2O2.